The largest absolute Gasteiger partial charge is 0.573 e. The minimum atomic E-state index is -4.70. The molecular formula is C22H22F3N3OS. The summed E-state index contributed by atoms with van der Waals surface area (Å²) >= 11 is 1.63. The zero-order valence-corrected chi connectivity index (χ0v) is 17.1. The minimum absolute atomic E-state index is 0.148. The van der Waals surface area contributed by atoms with Gasteiger partial charge in [-0.05, 0) is 18.6 Å². The monoisotopic (exact) mass is 433 g/mol. The fraction of sp³-hybridized carbons (Fsp3) is 0.318. The average Bonchev–Trinajstić information content (AvgIpc) is 3.06. The second-order valence-electron chi connectivity index (χ2n) is 7.14. The number of ether oxygens (including phenoxy) is 1. The van der Waals surface area contributed by atoms with E-state index in [4.69, 9.17) is 4.98 Å². The predicted molar refractivity (Wildman–Crippen MR) is 113 cm³/mol. The number of alkyl halides is 3. The van der Waals surface area contributed by atoms with Crippen molar-refractivity contribution in [2.24, 2.45) is 0 Å². The molecular weight excluding hydrogens is 411 g/mol. The smallest absolute Gasteiger partial charge is 0.404 e. The van der Waals surface area contributed by atoms with Crippen LogP contribution in [0.1, 0.15) is 12.1 Å². The number of hydrogen-bond donors (Lipinski definition) is 0. The molecule has 0 atom stereocenters. The maximum absolute atomic E-state index is 12.7. The first-order chi connectivity index (χ1) is 14.5. The Hall–Kier alpha value is -2.58. The third kappa shape index (κ3) is 5.31. The number of para-hydroxylation sites is 2. The van der Waals surface area contributed by atoms with Gasteiger partial charge in [0.2, 0.25) is 0 Å². The van der Waals surface area contributed by atoms with Crippen LogP contribution in [0.25, 0.3) is 10.6 Å². The molecule has 0 N–H and O–H groups in total. The van der Waals surface area contributed by atoms with Crippen LogP contribution in [0.4, 0.5) is 18.9 Å². The molecule has 4 nitrogen and oxygen atoms in total. The number of nitrogens with zero attached hydrogens (tertiary/aromatic N) is 3. The van der Waals surface area contributed by atoms with Gasteiger partial charge in [0.1, 0.15) is 5.01 Å². The third-order valence-corrected chi connectivity index (χ3v) is 5.92. The predicted octanol–water partition coefficient (Wildman–Crippen LogP) is 5.42. The van der Waals surface area contributed by atoms with Crippen LogP contribution >= 0.6 is 11.3 Å². The van der Waals surface area contributed by atoms with E-state index in [1.54, 1.807) is 29.5 Å². The lowest BCUT2D eigenvalue weighted by Gasteiger charge is -2.25. The number of hydrogen-bond acceptors (Lipinski definition) is 5. The molecule has 0 amide bonds. The lowest BCUT2D eigenvalue weighted by atomic mass is 10.2. The van der Waals surface area contributed by atoms with Crippen molar-refractivity contribution in [1.82, 2.24) is 9.88 Å². The van der Waals surface area contributed by atoms with E-state index in [1.165, 1.54) is 6.07 Å². The van der Waals surface area contributed by atoms with E-state index < -0.39 is 6.36 Å². The lowest BCUT2D eigenvalue weighted by molar-refractivity contribution is -0.274. The van der Waals surface area contributed by atoms with Crippen molar-refractivity contribution in [3.8, 4) is 16.3 Å². The SMILES string of the molecule is FC(F)(F)Oc1ccccc1N1CCCN(Cc2csc(-c3ccccc3)n2)CC1. The first-order valence-corrected chi connectivity index (χ1v) is 10.7. The summed E-state index contributed by atoms with van der Waals surface area (Å²) in [5.74, 6) is -0.148. The fourth-order valence-electron chi connectivity index (χ4n) is 3.62. The lowest BCUT2D eigenvalue weighted by Crippen LogP contribution is -2.31. The van der Waals surface area contributed by atoms with Crippen LogP contribution in [0.2, 0.25) is 0 Å². The van der Waals surface area contributed by atoms with Gasteiger partial charge in [0.05, 0.1) is 11.4 Å². The molecule has 1 aliphatic heterocycles. The van der Waals surface area contributed by atoms with Crippen molar-refractivity contribution in [2.75, 3.05) is 31.1 Å². The molecule has 0 unspecified atom stereocenters. The van der Waals surface area contributed by atoms with Gasteiger partial charge in [-0.2, -0.15) is 0 Å². The van der Waals surface area contributed by atoms with Gasteiger partial charge in [0, 0.05) is 43.7 Å². The van der Waals surface area contributed by atoms with Crippen LogP contribution in [0.15, 0.2) is 60.0 Å². The molecule has 0 aliphatic carbocycles. The molecule has 0 radical (unpaired) electrons. The van der Waals surface area contributed by atoms with Crippen molar-refractivity contribution >= 4 is 17.0 Å². The topological polar surface area (TPSA) is 28.6 Å². The number of anilines is 1. The Labute approximate surface area is 177 Å². The number of halogens is 3. The first-order valence-electron chi connectivity index (χ1n) is 9.80. The van der Waals surface area contributed by atoms with E-state index in [1.807, 2.05) is 35.2 Å². The van der Waals surface area contributed by atoms with Crippen LogP contribution in [0.5, 0.6) is 5.75 Å². The summed E-state index contributed by atoms with van der Waals surface area (Å²) in [6, 6.07) is 16.4. The van der Waals surface area contributed by atoms with Crippen molar-refractivity contribution in [2.45, 2.75) is 19.3 Å². The van der Waals surface area contributed by atoms with E-state index in [9.17, 15) is 13.2 Å². The number of rotatable bonds is 5. The third-order valence-electron chi connectivity index (χ3n) is 4.98. The number of thiazole rings is 1. The highest BCUT2D eigenvalue weighted by Crippen LogP contribution is 2.33. The average molecular weight is 433 g/mol. The van der Waals surface area contributed by atoms with Gasteiger partial charge in [-0.1, -0.05) is 42.5 Å². The highest BCUT2D eigenvalue weighted by molar-refractivity contribution is 7.13. The molecule has 1 fully saturated rings. The molecule has 1 aliphatic rings. The maximum atomic E-state index is 12.7. The summed E-state index contributed by atoms with van der Waals surface area (Å²) in [4.78, 5) is 9.03. The zero-order chi connectivity index (χ0) is 21.0. The Morgan fingerprint density at radius 3 is 2.50 bits per heavy atom. The van der Waals surface area contributed by atoms with Crippen LogP contribution in [-0.2, 0) is 6.54 Å². The summed E-state index contributed by atoms with van der Waals surface area (Å²) in [6.07, 6.45) is -3.84. The second kappa shape index (κ2) is 9.06. The summed E-state index contributed by atoms with van der Waals surface area (Å²) in [5, 5.41) is 3.08. The van der Waals surface area contributed by atoms with Crippen LogP contribution < -0.4 is 9.64 Å². The molecule has 0 spiro atoms. The normalized spacial score (nSPS) is 15.8. The van der Waals surface area contributed by atoms with Crippen molar-refractivity contribution in [3.63, 3.8) is 0 Å². The van der Waals surface area contributed by atoms with E-state index in [2.05, 4.69) is 15.0 Å². The standard InChI is InChI=1S/C22H22F3N3OS/c23-22(24,25)29-20-10-5-4-9-19(20)28-12-6-11-27(13-14-28)15-18-16-30-21(26-18)17-7-2-1-3-8-17/h1-5,7-10,16H,6,11-15H2. The molecule has 8 heteroatoms. The second-order valence-corrected chi connectivity index (χ2v) is 8.00. The zero-order valence-electron chi connectivity index (χ0n) is 16.3. The summed E-state index contributed by atoms with van der Waals surface area (Å²) in [5.41, 5.74) is 2.61. The highest BCUT2D eigenvalue weighted by atomic mass is 32.1. The minimum Gasteiger partial charge on any atom is -0.404 e. The van der Waals surface area contributed by atoms with Crippen LogP contribution in [0.3, 0.4) is 0 Å². The summed E-state index contributed by atoms with van der Waals surface area (Å²) < 4.78 is 42.5. The Balaban J connectivity index is 1.40. The molecule has 1 saturated heterocycles. The van der Waals surface area contributed by atoms with Crippen LogP contribution in [0, 0.1) is 0 Å². The van der Waals surface area contributed by atoms with Gasteiger partial charge in [-0.15, -0.1) is 24.5 Å². The van der Waals surface area contributed by atoms with Crippen molar-refractivity contribution in [1.29, 1.82) is 0 Å². The highest BCUT2D eigenvalue weighted by Gasteiger charge is 2.33. The molecule has 1 aromatic heterocycles. The van der Waals surface area contributed by atoms with Gasteiger partial charge in [-0.3, -0.25) is 4.90 Å². The molecule has 30 heavy (non-hydrogen) atoms. The van der Waals surface area contributed by atoms with Crippen LogP contribution in [-0.4, -0.2) is 42.4 Å². The molecule has 0 bridgehead atoms. The number of aromatic nitrogens is 1. The summed E-state index contributed by atoms with van der Waals surface area (Å²) in [7, 11) is 0. The van der Waals surface area contributed by atoms with Crippen molar-refractivity contribution in [3.05, 3.63) is 65.7 Å². The van der Waals surface area contributed by atoms with Gasteiger partial charge in [-0.25, -0.2) is 4.98 Å². The maximum Gasteiger partial charge on any atom is 0.573 e. The van der Waals surface area contributed by atoms with E-state index in [0.717, 1.165) is 42.3 Å². The molecule has 4 rings (SSSR count). The van der Waals surface area contributed by atoms with Gasteiger partial charge in [0.15, 0.2) is 5.75 Å². The van der Waals surface area contributed by atoms with Gasteiger partial charge in [0.25, 0.3) is 0 Å². The molecule has 158 valence electrons. The van der Waals surface area contributed by atoms with E-state index >= 15 is 0 Å². The molecule has 0 saturated carbocycles. The van der Waals surface area contributed by atoms with Crippen molar-refractivity contribution < 1.29 is 17.9 Å². The van der Waals surface area contributed by atoms with E-state index in [0.29, 0.717) is 18.8 Å². The summed E-state index contributed by atoms with van der Waals surface area (Å²) in [6.45, 7) is 3.67. The molecule has 3 aromatic rings. The Bertz CT molecular complexity index is 962. The molecule has 2 heterocycles. The van der Waals surface area contributed by atoms with Gasteiger partial charge >= 0.3 is 6.36 Å². The quantitative estimate of drug-likeness (QED) is 0.537. The fourth-order valence-corrected chi connectivity index (χ4v) is 4.44. The van der Waals surface area contributed by atoms with Gasteiger partial charge < -0.3 is 9.64 Å². The Kier molecular flexibility index (Phi) is 6.24. The number of benzene rings is 2. The Morgan fingerprint density at radius 2 is 1.70 bits per heavy atom. The first kappa shape index (κ1) is 20.7. The molecule has 2 aromatic carbocycles. The van der Waals surface area contributed by atoms with E-state index in [-0.39, 0.29) is 5.75 Å². The Morgan fingerprint density at radius 1 is 0.933 bits per heavy atom.